The molecule has 1 aliphatic carbocycles. The van der Waals surface area contributed by atoms with Gasteiger partial charge < -0.3 is 10.1 Å². The van der Waals surface area contributed by atoms with Crippen LogP contribution < -0.4 is 10.6 Å². The lowest BCUT2D eigenvalue weighted by Crippen LogP contribution is -2.41. The van der Waals surface area contributed by atoms with E-state index in [4.69, 9.17) is 16.3 Å². The Labute approximate surface area is 163 Å². The number of amides is 1. The molecule has 1 saturated heterocycles. The number of anilines is 1. The molecule has 1 saturated carbocycles. The van der Waals surface area contributed by atoms with Crippen molar-refractivity contribution >= 4 is 29.3 Å². The molecule has 1 amide bonds. The number of guanidine groups is 1. The van der Waals surface area contributed by atoms with E-state index in [-0.39, 0.29) is 42.9 Å². The maximum Gasteiger partial charge on any atom is 0.432 e. The maximum atomic E-state index is 13.8. The highest BCUT2D eigenvalue weighted by atomic mass is 35.5. The lowest BCUT2D eigenvalue weighted by atomic mass is 9.94. The zero-order valence-corrected chi connectivity index (χ0v) is 15.5. The summed E-state index contributed by atoms with van der Waals surface area (Å²) in [5.41, 5.74) is -1.05. The monoisotopic (exact) mass is 425 g/mol. The molecule has 12 heteroatoms. The van der Waals surface area contributed by atoms with Crippen molar-refractivity contribution in [3.05, 3.63) is 11.8 Å². The predicted octanol–water partition coefficient (Wildman–Crippen LogP) is 2.85. The zero-order valence-electron chi connectivity index (χ0n) is 14.7. The van der Waals surface area contributed by atoms with Gasteiger partial charge >= 0.3 is 6.18 Å². The lowest BCUT2D eigenvalue weighted by molar-refractivity contribution is -0.141. The number of halogens is 5. The molecule has 156 valence electrons. The van der Waals surface area contributed by atoms with Crippen LogP contribution in [0.1, 0.15) is 31.4 Å². The van der Waals surface area contributed by atoms with Crippen LogP contribution in [0.5, 0.6) is 0 Å². The summed E-state index contributed by atoms with van der Waals surface area (Å²) >= 11 is 6.03. The molecule has 0 bridgehead atoms. The fourth-order valence-electron chi connectivity index (χ4n) is 3.04. The second kappa shape index (κ2) is 8.64. The molecule has 1 aliphatic heterocycles. The second-order valence-corrected chi connectivity index (χ2v) is 7.60. The average Bonchev–Trinajstić information content (AvgIpc) is 2.98. The van der Waals surface area contributed by atoms with Gasteiger partial charge in [0.05, 0.1) is 19.3 Å². The molecule has 3 unspecified atom stereocenters. The number of ether oxygens (including phenoxy) is 1. The van der Waals surface area contributed by atoms with Gasteiger partial charge in [0, 0.05) is 30.2 Å². The van der Waals surface area contributed by atoms with Crippen LogP contribution in [0.15, 0.2) is 11.1 Å². The first-order valence-corrected chi connectivity index (χ1v) is 9.26. The van der Waals surface area contributed by atoms with E-state index in [1.54, 1.807) is 0 Å². The molecule has 2 fully saturated rings. The van der Waals surface area contributed by atoms with E-state index < -0.39 is 29.5 Å². The number of H-pyrrole nitrogens is 1. The van der Waals surface area contributed by atoms with Gasteiger partial charge in [-0.05, 0) is 12.8 Å². The van der Waals surface area contributed by atoms with Gasteiger partial charge in [0.2, 0.25) is 11.9 Å². The van der Waals surface area contributed by atoms with Crippen molar-refractivity contribution in [1.82, 2.24) is 15.5 Å². The first kappa shape index (κ1) is 20.8. The Morgan fingerprint density at radius 1 is 1.36 bits per heavy atom. The highest BCUT2D eigenvalue weighted by Crippen LogP contribution is 2.29. The first-order valence-electron chi connectivity index (χ1n) is 8.82. The van der Waals surface area contributed by atoms with Gasteiger partial charge in [0.25, 0.3) is 0 Å². The number of carbonyl (C=O) groups is 1. The Morgan fingerprint density at radius 3 is 2.68 bits per heavy atom. The van der Waals surface area contributed by atoms with Gasteiger partial charge in [-0.3, -0.25) is 15.2 Å². The molecular formula is C16H20ClF4N5O2. The molecule has 0 radical (unpaired) electrons. The largest absolute Gasteiger partial charge is 0.432 e. The third kappa shape index (κ3) is 5.81. The fourth-order valence-corrected chi connectivity index (χ4v) is 3.44. The molecule has 3 rings (SSSR count). The number of aromatic amines is 1. The van der Waals surface area contributed by atoms with Crippen molar-refractivity contribution in [3.63, 3.8) is 0 Å². The van der Waals surface area contributed by atoms with Crippen LogP contribution in [-0.4, -0.2) is 52.9 Å². The molecule has 28 heavy (non-hydrogen) atoms. The molecule has 1 aromatic rings. The molecule has 2 aliphatic rings. The van der Waals surface area contributed by atoms with Crippen LogP contribution in [0.2, 0.25) is 0 Å². The Morgan fingerprint density at radius 2 is 2.11 bits per heavy atom. The van der Waals surface area contributed by atoms with Crippen LogP contribution in [0.25, 0.3) is 0 Å². The number of hydrogen-bond acceptors (Lipinski definition) is 4. The highest BCUT2D eigenvalue weighted by Gasteiger charge is 2.33. The minimum atomic E-state index is -4.59. The first-order chi connectivity index (χ1) is 13.2. The second-order valence-electron chi connectivity index (χ2n) is 6.98. The van der Waals surface area contributed by atoms with E-state index in [0.29, 0.717) is 19.6 Å². The molecule has 3 atom stereocenters. The Bertz CT molecular complexity index is 712. The summed E-state index contributed by atoms with van der Waals surface area (Å²) < 4.78 is 57.0. The topological polar surface area (TPSA) is 91.4 Å². The molecule has 3 N–H and O–H groups in total. The molecule has 7 nitrogen and oxygen atoms in total. The summed E-state index contributed by atoms with van der Waals surface area (Å²) in [6.07, 6.45) is -4.80. The SMILES string of the molecule is O=C(CC1COC1)NC(=NC1CC(F)CC(Cl)C1)Nc1cc(C(F)(F)F)[nH]n1. The van der Waals surface area contributed by atoms with Crippen molar-refractivity contribution in [2.75, 3.05) is 18.5 Å². The Balaban J connectivity index is 1.72. The molecule has 2 heterocycles. The van der Waals surface area contributed by atoms with E-state index in [2.05, 4.69) is 20.7 Å². The number of nitrogens with zero attached hydrogens (tertiary/aromatic N) is 2. The lowest BCUT2D eigenvalue weighted by Gasteiger charge is -2.27. The quantitative estimate of drug-likeness (QED) is 0.299. The molecule has 1 aromatic heterocycles. The number of nitrogens with one attached hydrogen (secondary N) is 3. The van der Waals surface area contributed by atoms with Gasteiger partial charge in [-0.1, -0.05) is 0 Å². The zero-order chi connectivity index (χ0) is 20.3. The maximum absolute atomic E-state index is 13.8. The number of alkyl halides is 5. The summed E-state index contributed by atoms with van der Waals surface area (Å²) in [4.78, 5) is 16.5. The van der Waals surface area contributed by atoms with Gasteiger partial charge in [-0.2, -0.15) is 18.3 Å². The predicted molar refractivity (Wildman–Crippen MR) is 93.9 cm³/mol. The number of carbonyl (C=O) groups excluding carboxylic acids is 1. The summed E-state index contributed by atoms with van der Waals surface area (Å²) in [5, 5.41) is 10.1. The summed E-state index contributed by atoms with van der Waals surface area (Å²) in [7, 11) is 0. The standard InChI is InChI=1S/C16H20ClF4N5O2/c17-9-2-10(18)4-11(3-9)22-15(24-14(27)1-8-6-28-7-8)23-13-5-12(25-26-13)16(19,20)21/h5,8-11H,1-4,6-7H2,(H3,22,23,24,25,26,27). The minimum Gasteiger partial charge on any atom is -0.381 e. The van der Waals surface area contributed by atoms with Gasteiger partial charge in [-0.25, -0.2) is 9.38 Å². The molecule has 0 aromatic carbocycles. The average molecular weight is 426 g/mol. The van der Waals surface area contributed by atoms with Gasteiger partial charge in [0.1, 0.15) is 11.9 Å². The van der Waals surface area contributed by atoms with Crippen LogP contribution in [0.3, 0.4) is 0 Å². The normalized spacial score (nSPS) is 26.6. The van der Waals surface area contributed by atoms with Crippen LogP contribution >= 0.6 is 11.6 Å². The van der Waals surface area contributed by atoms with Crippen molar-refractivity contribution in [1.29, 1.82) is 0 Å². The number of rotatable bonds is 4. The van der Waals surface area contributed by atoms with Crippen molar-refractivity contribution in [2.24, 2.45) is 10.9 Å². The van der Waals surface area contributed by atoms with Gasteiger partial charge in [0.15, 0.2) is 5.82 Å². The summed E-state index contributed by atoms with van der Waals surface area (Å²) in [6.45, 7) is 0.948. The number of aromatic nitrogens is 2. The Kier molecular flexibility index (Phi) is 6.43. The minimum absolute atomic E-state index is 0.0839. The van der Waals surface area contributed by atoms with E-state index in [9.17, 15) is 22.4 Å². The molecular weight excluding hydrogens is 406 g/mol. The highest BCUT2D eigenvalue weighted by molar-refractivity contribution is 6.20. The molecule has 0 spiro atoms. The van der Waals surface area contributed by atoms with E-state index >= 15 is 0 Å². The van der Waals surface area contributed by atoms with Crippen molar-refractivity contribution < 1.29 is 27.1 Å². The third-order valence-corrected chi connectivity index (χ3v) is 4.80. The number of aliphatic imine (C=N–C) groups is 1. The van der Waals surface area contributed by atoms with Gasteiger partial charge in [-0.15, -0.1) is 11.6 Å². The van der Waals surface area contributed by atoms with Crippen molar-refractivity contribution in [3.8, 4) is 0 Å². The number of hydrogen-bond donors (Lipinski definition) is 3. The van der Waals surface area contributed by atoms with E-state index in [1.807, 2.05) is 5.10 Å². The van der Waals surface area contributed by atoms with Crippen molar-refractivity contribution in [2.45, 2.75) is 49.5 Å². The van der Waals surface area contributed by atoms with Crippen LogP contribution in [0.4, 0.5) is 23.4 Å². The smallest absolute Gasteiger partial charge is 0.381 e. The van der Waals surface area contributed by atoms with Crippen LogP contribution in [-0.2, 0) is 15.7 Å². The van der Waals surface area contributed by atoms with Crippen LogP contribution in [0, 0.1) is 5.92 Å². The Hall–Kier alpha value is -1.88. The fraction of sp³-hybridized carbons (Fsp3) is 0.688. The van der Waals surface area contributed by atoms with E-state index in [0.717, 1.165) is 6.07 Å². The van der Waals surface area contributed by atoms with E-state index in [1.165, 1.54) is 0 Å². The third-order valence-electron chi connectivity index (χ3n) is 4.45. The summed E-state index contributed by atoms with van der Waals surface area (Å²) in [5.74, 6) is -0.552. The summed E-state index contributed by atoms with van der Waals surface area (Å²) in [6, 6.07) is 0.243.